The molecule has 0 radical (unpaired) electrons. The normalized spacial score (nSPS) is 16.5. The van der Waals surface area contributed by atoms with E-state index in [9.17, 15) is 0 Å². The van der Waals surface area contributed by atoms with Crippen molar-refractivity contribution in [2.45, 2.75) is 6.61 Å². The zero-order valence-electron chi connectivity index (χ0n) is 19.5. The molecule has 0 saturated carbocycles. The van der Waals surface area contributed by atoms with Crippen molar-refractivity contribution < 1.29 is 14.2 Å². The van der Waals surface area contributed by atoms with Crippen molar-refractivity contribution in [1.29, 1.82) is 0 Å². The lowest BCUT2D eigenvalue weighted by molar-refractivity contribution is 0.121. The number of ether oxygens (including phenoxy) is 3. The van der Waals surface area contributed by atoms with Gasteiger partial charge in [0.1, 0.15) is 12.4 Å². The molecule has 0 spiro atoms. The number of nitrogens with one attached hydrogen (secondary N) is 1. The number of hydrogen-bond acceptors (Lipinski definition) is 10. The highest BCUT2D eigenvalue weighted by Crippen LogP contribution is 2.19. The Bertz CT molecular complexity index is 1060. The van der Waals surface area contributed by atoms with Crippen LogP contribution in [-0.4, -0.2) is 73.8 Å². The van der Waals surface area contributed by atoms with E-state index in [1.54, 1.807) is 6.21 Å². The summed E-state index contributed by atoms with van der Waals surface area (Å²) in [5.74, 6) is 2.47. The van der Waals surface area contributed by atoms with Crippen molar-refractivity contribution in [2.75, 3.05) is 67.8 Å². The number of rotatable bonds is 8. The number of nitrogens with zero attached hydrogens (tertiary/aromatic N) is 6. The summed E-state index contributed by atoms with van der Waals surface area (Å²) in [5, 5.41) is 4.35. The van der Waals surface area contributed by atoms with Gasteiger partial charge in [0.15, 0.2) is 0 Å². The van der Waals surface area contributed by atoms with Crippen LogP contribution in [0.2, 0.25) is 0 Å². The molecule has 35 heavy (non-hydrogen) atoms. The molecule has 0 aliphatic carbocycles. The highest BCUT2D eigenvalue weighted by molar-refractivity contribution is 5.80. The van der Waals surface area contributed by atoms with Crippen LogP contribution in [0.5, 0.6) is 5.75 Å². The molecule has 3 heterocycles. The second kappa shape index (κ2) is 11.6. The van der Waals surface area contributed by atoms with Crippen LogP contribution in [0.1, 0.15) is 11.1 Å². The minimum absolute atomic E-state index is 0.405. The molecule has 0 bridgehead atoms. The Morgan fingerprint density at radius 1 is 0.800 bits per heavy atom. The van der Waals surface area contributed by atoms with Crippen LogP contribution in [0.3, 0.4) is 0 Å². The largest absolute Gasteiger partial charge is 0.489 e. The molecule has 2 saturated heterocycles. The molecule has 2 aliphatic rings. The molecule has 1 aromatic heterocycles. The molecule has 10 heteroatoms. The summed E-state index contributed by atoms with van der Waals surface area (Å²) in [6.45, 7) is 6.14. The third kappa shape index (κ3) is 6.43. The number of hydrogen-bond donors (Lipinski definition) is 1. The first-order chi connectivity index (χ1) is 17.3. The highest BCUT2D eigenvalue weighted by Gasteiger charge is 2.20. The predicted molar refractivity (Wildman–Crippen MR) is 134 cm³/mol. The van der Waals surface area contributed by atoms with E-state index in [-0.39, 0.29) is 0 Å². The summed E-state index contributed by atoms with van der Waals surface area (Å²) in [4.78, 5) is 18.1. The van der Waals surface area contributed by atoms with E-state index in [0.717, 1.165) is 43.1 Å². The van der Waals surface area contributed by atoms with Gasteiger partial charge in [-0.25, -0.2) is 5.43 Å². The van der Waals surface area contributed by atoms with Crippen molar-refractivity contribution in [3.8, 4) is 5.75 Å². The van der Waals surface area contributed by atoms with Gasteiger partial charge >= 0.3 is 0 Å². The van der Waals surface area contributed by atoms with Gasteiger partial charge in [0.25, 0.3) is 0 Å². The molecular formula is C25H29N7O3. The van der Waals surface area contributed by atoms with E-state index in [0.29, 0.717) is 50.9 Å². The Morgan fingerprint density at radius 3 is 2.00 bits per heavy atom. The van der Waals surface area contributed by atoms with Crippen LogP contribution in [-0.2, 0) is 16.1 Å². The Hall–Kier alpha value is -3.76. The maximum absolute atomic E-state index is 5.85. The molecule has 1 N–H and O–H groups in total. The first-order valence-corrected chi connectivity index (χ1v) is 11.8. The van der Waals surface area contributed by atoms with Gasteiger partial charge in [-0.05, 0) is 35.4 Å². The quantitative estimate of drug-likeness (QED) is 0.389. The zero-order valence-corrected chi connectivity index (χ0v) is 19.5. The average molecular weight is 476 g/mol. The zero-order chi connectivity index (χ0) is 23.7. The fourth-order valence-corrected chi connectivity index (χ4v) is 3.77. The molecule has 10 nitrogen and oxygen atoms in total. The molecular weight excluding hydrogens is 446 g/mol. The van der Waals surface area contributed by atoms with Crippen molar-refractivity contribution >= 4 is 24.1 Å². The van der Waals surface area contributed by atoms with Gasteiger partial charge in [0.2, 0.25) is 17.8 Å². The highest BCUT2D eigenvalue weighted by atomic mass is 16.5. The number of hydrazone groups is 1. The number of benzene rings is 2. The summed E-state index contributed by atoms with van der Waals surface area (Å²) in [5.41, 5.74) is 5.04. The van der Waals surface area contributed by atoms with Crippen LogP contribution in [0.25, 0.3) is 0 Å². The van der Waals surface area contributed by atoms with Crippen molar-refractivity contribution in [1.82, 2.24) is 15.0 Å². The van der Waals surface area contributed by atoms with Crippen molar-refractivity contribution in [3.05, 3.63) is 65.7 Å². The fourth-order valence-electron chi connectivity index (χ4n) is 3.77. The average Bonchev–Trinajstić information content (AvgIpc) is 2.94. The lowest BCUT2D eigenvalue weighted by Gasteiger charge is -2.30. The minimum atomic E-state index is 0.405. The molecule has 182 valence electrons. The Balaban J connectivity index is 1.24. The first kappa shape index (κ1) is 23.0. The lowest BCUT2D eigenvalue weighted by atomic mass is 10.2. The van der Waals surface area contributed by atoms with Crippen molar-refractivity contribution in [2.24, 2.45) is 5.10 Å². The van der Waals surface area contributed by atoms with Crippen LogP contribution >= 0.6 is 0 Å². The van der Waals surface area contributed by atoms with E-state index >= 15 is 0 Å². The van der Waals surface area contributed by atoms with Crippen molar-refractivity contribution in [3.63, 3.8) is 0 Å². The van der Waals surface area contributed by atoms with E-state index < -0.39 is 0 Å². The second-order valence-electron chi connectivity index (χ2n) is 8.17. The Kier molecular flexibility index (Phi) is 7.61. The summed E-state index contributed by atoms with van der Waals surface area (Å²) < 4.78 is 16.8. The first-order valence-electron chi connectivity index (χ1n) is 11.8. The van der Waals surface area contributed by atoms with Gasteiger partial charge in [-0.3, -0.25) is 0 Å². The third-order valence-electron chi connectivity index (χ3n) is 5.71. The molecule has 0 atom stereocenters. The number of aromatic nitrogens is 3. The number of anilines is 3. The fraction of sp³-hybridized carbons (Fsp3) is 0.360. The summed E-state index contributed by atoms with van der Waals surface area (Å²) >= 11 is 0. The topological polar surface area (TPSA) is 97.2 Å². The standard InChI is InChI=1S/C25H29N7O3/c1-2-4-21(5-3-1)19-35-22-8-6-20(7-9-22)18-26-30-23-27-24(31-10-14-33-15-11-31)29-25(28-23)32-12-16-34-17-13-32/h1-9,18H,10-17,19H2,(H,27,28,29,30). The smallest absolute Gasteiger partial charge is 0.250 e. The summed E-state index contributed by atoms with van der Waals surface area (Å²) in [6.07, 6.45) is 1.73. The van der Waals surface area contributed by atoms with Gasteiger partial charge in [-0.1, -0.05) is 30.3 Å². The second-order valence-corrected chi connectivity index (χ2v) is 8.17. The maximum atomic E-state index is 5.85. The van der Waals surface area contributed by atoms with Crippen LogP contribution in [0, 0.1) is 0 Å². The Labute approximate surface area is 204 Å². The van der Waals surface area contributed by atoms with Gasteiger partial charge in [0, 0.05) is 26.2 Å². The van der Waals surface area contributed by atoms with Gasteiger partial charge in [-0.2, -0.15) is 20.1 Å². The molecule has 0 amide bonds. The lowest BCUT2D eigenvalue weighted by Crippen LogP contribution is -2.40. The molecule has 2 aliphatic heterocycles. The maximum Gasteiger partial charge on any atom is 0.250 e. The van der Waals surface area contributed by atoms with Crippen LogP contribution in [0.4, 0.5) is 17.8 Å². The van der Waals surface area contributed by atoms with E-state index in [1.807, 2.05) is 54.6 Å². The number of morpholine rings is 2. The minimum Gasteiger partial charge on any atom is -0.489 e. The SMILES string of the molecule is C(=NNc1nc(N2CCOCC2)nc(N2CCOCC2)n1)c1ccc(OCc2ccccc2)cc1. The van der Waals surface area contributed by atoms with E-state index in [2.05, 4.69) is 30.3 Å². The van der Waals surface area contributed by atoms with Gasteiger partial charge in [0.05, 0.1) is 32.6 Å². The summed E-state index contributed by atoms with van der Waals surface area (Å²) in [7, 11) is 0. The molecule has 5 rings (SSSR count). The van der Waals surface area contributed by atoms with E-state index in [4.69, 9.17) is 19.2 Å². The van der Waals surface area contributed by atoms with Gasteiger partial charge < -0.3 is 24.0 Å². The van der Waals surface area contributed by atoms with Crippen LogP contribution in [0.15, 0.2) is 59.7 Å². The summed E-state index contributed by atoms with van der Waals surface area (Å²) in [6, 6.07) is 17.9. The van der Waals surface area contributed by atoms with Gasteiger partial charge in [-0.15, -0.1) is 0 Å². The Morgan fingerprint density at radius 2 is 1.40 bits per heavy atom. The van der Waals surface area contributed by atoms with Crippen LogP contribution < -0.4 is 20.0 Å². The molecule has 0 unspecified atom stereocenters. The third-order valence-corrected chi connectivity index (χ3v) is 5.71. The monoisotopic (exact) mass is 475 g/mol. The predicted octanol–water partition coefficient (Wildman–Crippen LogP) is 2.57. The van der Waals surface area contributed by atoms with E-state index in [1.165, 1.54) is 0 Å². The molecule has 2 fully saturated rings. The molecule has 2 aromatic carbocycles. The molecule has 3 aromatic rings.